The Morgan fingerprint density at radius 2 is 2.18 bits per heavy atom. The fraction of sp³-hybridized carbons (Fsp3) is 0.583. The second-order valence-corrected chi connectivity index (χ2v) is 4.91. The van der Waals surface area contributed by atoms with Crippen molar-refractivity contribution < 1.29 is 37.1 Å². The van der Waals surface area contributed by atoms with E-state index in [1.807, 2.05) is 0 Å². The van der Waals surface area contributed by atoms with Crippen LogP contribution in [0.15, 0.2) is 10.6 Å². The zero-order valence-electron chi connectivity index (χ0n) is 11.5. The lowest BCUT2D eigenvalue weighted by atomic mass is 9.96. The number of carbonyl (C=O) groups is 2. The number of hydrogen-bond acceptors (Lipinski definition) is 5. The van der Waals surface area contributed by atoms with Gasteiger partial charge in [-0.3, -0.25) is 9.59 Å². The van der Waals surface area contributed by atoms with Gasteiger partial charge < -0.3 is 19.3 Å². The van der Waals surface area contributed by atoms with Crippen LogP contribution >= 0.6 is 0 Å². The van der Waals surface area contributed by atoms with Crippen LogP contribution in [0.1, 0.15) is 16.2 Å². The lowest BCUT2D eigenvalue weighted by Crippen LogP contribution is -2.34. The topological polar surface area (TPSA) is 92.9 Å². The minimum Gasteiger partial charge on any atom is -0.481 e. The minimum atomic E-state index is -4.69. The normalized spacial score (nSPS) is 22.1. The molecule has 1 amide bonds. The fourth-order valence-corrected chi connectivity index (χ4v) is 2.34. The van der Waals surface area contributed by atoms with Crippen LogP contribution in [0.2, 0.25) is 0 Å². The molecule has 1 aliphatic rings. The number of methoxy groups -OCH3 is 1. The number of carboxylic acid groups (broad SMARTS) is 1. The van der Waals surface area contributed by atoms with E-state index in [2.05, 4.69) is 5.16 Å². The van der Waals surface area contributed by atoms with E-state index in [-0.39, 0.29) is 18.1 Å². The van der Waals surface area contributed by atoms with Crippen molar-refractivity contribution in [1.29, 1.82) is 0 Å². The van der Waals surface area contributed by atoms with E-state index in [1.165, 1.54) is 13.2 Å². The highest BCUT2D eigenvalue weighted by Crippen LogP contribution is 2.38. The van der Waals surface area contributed by atoms with Crippen molar-refractivity contribution in [2.75, 3.05) is 20.2 Å². The van der Waals surface area contributed by atoms with Crippen LogP contribution in [0.5, 0.6) is 0 Å². The molecule has 0 unspecified atom stereocenters. The first kappa shape index (κ1) is 16.3. The number of alkyl halides is 3. The zero-order chi connectivity index (χ0) is 16.5. The smallest absolute Gasteiger partial charge is 0.394 e. The third-order valence-corrected chi connectivity index (χ3v) is 3.41. The van der Waals surface area contributed by atoms with E-state index in [0.29, 0.717) is 0 Å². The summed E-state index contributed by atoms with van der Waals surface area (Å²) in [5, 5.41) is 12.4. The first-order valence-corrected chi connectivity index (χ1v) is 6.27. The number of nitrogens with zero attached hydrogens (tertiary/aromatic N) is 2. The van der Waals surface area contributed by atoms with Gasteiger partial charge in [0, 0.05) is 26.3 Å². The van der Waals surface area contributed by atoms with Gasteiger partial charge in [0.15, 0.2) is 11.5 Å². The Labute approximate surface area is 122 Å². The standard InChI is InChI=1S/C12H13F3N2O5/c1-21-5-6-2-9(16-22-6)10(18)17-3-7(11(19)20)8(4-17)12(13,14)15/h2,7-8H,3-5H2,1H3,(H,19,20)/t7-,8-/m1/s1. The van der Waals surface area contributed by atoms with Crippen LogP contribution in [0.3, 0.4) is 0 Å². The van der Waals surface area contributed by atoms with Crippen molar-refractivity contribution in [3.8, 4) is 0 Å². The van der Waals surface area contributed by atoms with E-state index in [4.69, 9.17) is 14.4 Å². The maximum absolute atomic E-state index is 12.9. The second-order valence-electron chi connectivity index (χ2n) is 4.91. The summed E-state index contributed by atoms with van der Waals surface area (Å²) in [4.78, 5) is 23.9. The summed E-state index contributed by atoms with van der Waals surface area (Å²) in [5.41, 5.74) is -0.181. The van der Waals surface area contributed by atoms with Crippen LogP contribution in [0.25, 0.3) is 0 Å². The zero-order valence-corrected chi connectivity index (χ0v) is 11.5. The molecular weight excluding hydrogens is 309 g/mol. The number of ether oxygens (including phenoxy) is 1. The molecule has 10 heteroatoms. The number of halogens is 3. The van der Waals surface area contributed by atoms with Gasteiger partial charge in [-0.25, -0.2) is 0 Å². The Hall–Kier alpha value is -2.10. The molecule has 7 nitrogen and oxygen atoms in total. The van der Waals surface area contributed by atoms with Crippen molar-refractivity contribution in [3.63, 3.8) is 0 Å². The van der Waals surface area contributed by atoms with Gasteiger partial charge in [0.05, 0.1) is 11.8 Å². The molecular formula is C12H13F3N2O5. The SMILES string of the molecule is COCc1cc(C(=O)N2C[C@@H](C(F)(F)F)[C@H](C(=O)O)C2)no1. The van der Waals surface area contributed by atoms with Crippen molar-refractivity contribution >= 4 is 11.9 Å². The molecule has 1 fully saturated rings. The van der Waals surface area contributed by atoms with Crippen LogP contribution in [0, 0.1) is 11.8 Å². The number of carbonyl (C=O) groups excluding carboxylic acids is 1. The number of carboxylic acids is 1. The van der Waals surface area contributed by atoms with E-state index in [9.17, 15) is 22.8 Å². The quantitative estimate of drug-likeness (QED) is 0.894. The predicted molar refractivity (Wildman–Crippen MR) is 63.8 cm³/mol. The van der Waals surface area contributed by atoms with Gasteiger partial charge in [-0.15, -0.1) is 0 Å². The molecule has 0 saturated carbocycles. The molecule has 2 rings (SSSR count). The summed E-state index contributed by atoms with van der Waals surface area (Å²) in [6.07, 6.45) is -4.69. The number of aromatic nitrogens is 1. The summed E-state index contributed by atoms with van der Waals surface area (Å²) in [5.74, 6) is -5.93. The molecule has 0 spiro atoms. The molecule has 2 heterocycles. The van der Waals surface area contributed by atoms with E-state index < -0.39 is 43.0 Å². The highest BCUT2D eigenvalue weighted by atomic mass is 19.4. The molecule has 2 atom stereocenters. The van der Waals surface area contributed by atoms with Gasteiger partial charge in [-0.1, -0.05) is 5.16 Å². The molecule has 1 aromatic heterocycles. The van der Waals surface area contributed by atoms with Gasteiger partial charge in [-0.05, 0) is 0 Å². The molecule has 0 radical (unpaired) electrons. The third kappa shape index (κ3) is 3.21. The summed E-state index contributed by atoms with van der Waals surface area (Å²) in [7, 11) is 1.40. The Morgan fingerprint density at radius 1 is 1.50 bits per heavy atom. The molecule has 122 valence electrons. The number of likely N-dealkylation sites (tertiary alicyclic amines) is 1. The molecule has 1 aromatic rings. The van der Waals surface area contributed by atoms with E-state index in [1.54, 1.807) is 0 Å². The van der Waals surface area contributed by atoms with E-state index in [0.717, 1.165) is 4.90 Å². The maximum atomic E-state index is 12.9. The Bertz CT molecular complexity index is 571. The van der Waals surface area contributed by atoms with E-state index >= 15 is 0 Å². The summed E-state index contributed by atoms with van der Waals surface area (Å²) >= 11 is 0. The van der Waals surface area contributed by atoms with Crippen LogP contribution < -0.4 is 0 Å². The lowest BCUT2D eigenvalue weighted by molar-refractivity contribution is -0.187. The number of hydrogen-bond donors (Lipinski definition) is 1. The molecule has 0 bridgehead atoms. The Balaban J connectivity index is 2.15. The molecule has 22 heavy (non-hydrogen) atoms. The van der Waals surface area contributed by atoms with Gasteiger partial charge >= 0.3 is 12.1 Å². The van der Waals surface area contributed by atoms with Gasteiger partial charge in [-0.2, -0.15) is 13.2 Å². The van der Waals surface area contributed by atoms with Crippen molar-refractivity contribution in [2.24, 2.45) is 11.8 Å². The number of amides is 1. The van der Waals surface area contributed by atoms with Gasteiger partial charge in [0.2, 0.25) is 0 Å². The molecule has 0 aliphatic carbocycles. The van der Waals surface area contributed by atoms with Crippen LogP contribution in [-0.4, -0.2) is 53.4 Å². The van der Waals surface area contributed by atoms with Crippen molar-refractivity contribution in [3.05, 3.63) is 17.5 Å². The Kier molecular flexibility index (Phi) is 4.40. The first-order chi connectivity index (χ1) is 10.2. The highest BCUT2D eigenvalue weighted by Gasteiger charge is 2.53. The van der Waals surface area contributed by atoms with Gasteiger partial charge in [0.25, 0.3) is 5.91 Å². The lowest BCUT2D eigenvalue weighted by Gasteiger charge is -2.17. The maximum Gasteiger partial charge on any atom is 0.394 e. The van der Waals surface area contributed by atoms with Crippen molar-refractivity contribution in [2.45, 2.75) is 12.8 Å². The van der Waals surface area contributed by atoms with Crippen molar-refractivity contribution in [1.82, 2.24) is 10.1 Å². The second kappa shape index (κ2) is 5.95. The summed E-state index contributed by atoms with van der Waals surface area (Å²) in [6.45, 7) is -1.18. The molecule has 1 aliphatic heterocycles. The number of rotatable bonds is 4. The van der Waals surface area contributed by atoms with Crippen LogP contribution in [-0.2, 0) is 16.1 Å². The summed E-state index contributed by atoms with van der Waals surface area (Å²) < 4.78 is 48.2. The highest BCUT2D eigenvalue weighted by molar-refractivity contribution is 5.93. The third-order valence-electron chi connectivity index (χ3n) is 3.41. The summed E-state index contributed by atoms with van der Waals surface area (Å²) in [6, 6.07) is 1.25. The average molecular weight is 322 g/mol. The largest absolute Gasteiger partial charge is 0.481 e. The van der Waals surface area contributed by atoms with Gasteiger partial charge in [0.1, 0.15) is 6.61 Å². The molecule has 0 aromatic carbocycles. The minimum absolute atomic E-state index is 0.0587. The molecule has 1 N–H and O–H groups in total. The Morgan fingerprint density at radius 3 is 2.68 bits per heavy atom. The average Bonchev–Trinajstić information content (AvgIpc) is 3.04. The predicted octanol–water partition coefficient (Wildman–Crippen LogP) is 1.16. The monoisotopic (exact) mass is 322 g/mol. The first-order valence-electron chi connectivity index (χ1n) is 6.27. The molecule has 1 saturated heterocycles. The van der Waals surface area contributed by atoms with Crippen LogP contribution in [0.4, 0.5) is 13.2 Å². The fourth-order valence-electron chi connectivity index (χ4n) is 2.34. The number of aliphatic carboxylic acids is 1.